The molecular formula is C22H29ClN6O. The molecule has 1 saturated heterocycles. The van der Waals surface area contributed by atoms with Gasteiger partial charge in [-0.3, -0.25) is 5.10 Å². The van der Waals surface area contributed by atoms with Gasteiger partial charge in [0, 0.05) is 17.6 Å². The number of aromatic amines is 1. The van der Waals surface area contributed by atoms with Gasteiger partial charge < -0.3 is 14.6 Å². The van der Waals surface area contributed by atoms with Gasteiger partial charge in [0.2, 0.25) is 5.95 Å². The maximum absolute atomic E-state index is 9.94. The summed E-state index contributed by atoms with van der Waals surface area (Å²) in [6.07, 6.45) is 2.00. The fourth-order valence-corrected chi connectivity index (χ4v) is 4.28. The highest BCUT2D eigenvalue weighted by Crippen LogP contribution is 2.31. The lowest BCUT2D eigenvalue weighted by molar-refractivity contribution is 0.265. The second-order valence-electron chi connectivity index (χ2n) is 8.45. The number of nitrogens with one attached hydrogen (secondary N) is 1. The van der Waals surface area contributed by atoms with Crippen molar-refractivity contribution in [2.45, 2.75) is 58.5 Å². The predicted molar refractivity (Wildman–Crippen MR) is 120 cm³/mol. The van der Waals surface area contributed by atoms with Crippen LogP contribution in [0.1, 0.15) is 58.2 Å². The molecule has 3 heterocycles. The Bertz CT molecular complexity index is 1100. The number of hydrogen-bond donors (Lipinski definition) is 2. The average Bonchev–Trinajstić information content (AvgIpc) is 3.36. The molecule has 30 heavy (non-hydrogen) atoms. The van der Waals surface area contributed by atoms with E-state index >= 15 is 0 Å². The summed E-state index contributed by atoms with van der Waals surface area (Å²) in [6, 6.07) is 7.64. The van der Waals surface area contributed by atoms with Gasteiger partial charge in [0.05, 0.1) is 29.5 Å². The Morgan fingerprint density at radius 3 is 2.60 bits per heavy atom. The quantitative estimate of drug-likeness (QED) is 0.634. The van der Waals surface area contributed by atoms with Gasteiger partial charge in [-0.1, -0.05) is 25.4 Å². The van der Waals surface area contributed by atoms with Crippen molar-refractivity contribution in [3.05, 3.63) is 40.5 Å². The zero-order chi connectivity index (χ0) is 21.4. The summed E-state index contributed by atoms with van der Waals surface area (Å²) >= 11 is 6.04. The van der Waals surface area contributed by atoms with E-state index in [9.17, 15) is 5.11 Å². The van der Waals surface area contributed by atoms with E-state index in [4.69, 9.17) is 21.6 Å². The van der Waals surface area contributed by atoms with Gasteiger partial charge in [0.1, 0.15) is 0 Å². The topological polar surface area (TPSA) is 82.3 Å². The minimum absolute atomic E-state index is 0.0673. The molecule has 0 spiro atoms. The minimum Gasteiger partial charge on any atom is -0.394 e. The van der Waals surface area contributed by atoms with Crippen LogP contribution < -0.4 is 10.4 Å². The lowest BCUT2D eigenvalue weighted by atomic mass is 10.1. The maximum Gasteiger partial charge on any atom is 0.208 e. The van der Waals surface area contributed by atoms with Crippen molar-refractivity contribution in [3.63, 3.8) is 0 Å². The smallest absolute Gasteiger partial charge is 0.208 e. The first-order chi connectivity index (χ1) is 14.4. The number of rotatable bonds is 5. The average molecular weight is 429 g/mol. The van der Waals surface area contributed by atoms with Crippen molar-refractivity contribution in [1.29, 1.82) is 0 Å². The minimum atomic E-state index is 0.0673. The third-order valence-electron chi connectivity index (χ3n) is 5.64. The monoisotopic (exact) mass is 428 g/mol. The molecule has 4 rings (SSSR count). The Morgan fingerprint density at radius 2 is 1.97 bits per heavy atom. The summed E-state index contributed by atoms with van der Waals surface area (Å²) in [6.45, 7) is 9.60. The first-order valence-corrected chi connectivity index (χ1v) is 11.0. The van der Waals surface area contributed by atoms with E-state index < -0.39 is 0 Å². The van der Waals surface area contributed by atoms with Crippen molar-refractivity contribution in [1.82, 2.24) is 19.7 Å². The van der Waals surface area contributed by atoms with E-state index in [2.05, 4.69) is 47.4 Å². The molecule has 0 saturated carbocycles. The highest BCUT2D eigenvalue weighted by molar-refractivity contribution is 6.30. The van der Waals surface area contributed by atoms with E-state index in [1.807, 2.05) is 24.3 Å². The Balaban J connectivity index is 2.05. The Kier molecular flexibility index (Phi) is 5.84. The van der Waals surface area contributed by atoms with Crippen molar-refractivity contribution in [3.8, 4) is 0 Å². The summed E-state index contributed by atoms with van der Waals surface area (Å²) in [5.74, 6) is 1.11. The van der Waals surface area contributed by atoms with Gasteiger partial charge in [-0.25, -0.2) is 4.99 Å². The molecule has 1 aromatic carbocycles. The number of H-pyrrole nitrogens is 1. The van der Waals surface area contributed by atoms with Crippen LogP contribution in [0, 0.1) is 0 Å². The van der Waals surface area contributed by atoms with Crippen molar-refractivity contribution in [2.75, 3.05) is 18.1 Å². The molecule has 1 atom stereocenters. The van der Waals surface area contributed by atoms with Gasteiger partial charge >= 0.3 is 0 Å². The second-order valence-corrected chi connectivity index (χ2v) is 8.89. The molecule has 2 aromatic heterocycles. The molecule has 7 nitrogen and oxygen atoms in total. The number of aromatic nitrogens is 4. The Labute approximate surface area is 181 Å². The number of anilines is 1. The van der Waals surface area contributed by atoms with E-state index in [1.54, 1.807) is 0 Å². The van der Waals surface area contributed by atoms with Gasteiger partial charge in [-0.2, -0.15) is 10.1 Å². The zero-order valence-electron chi connectivity index (χ0n) is 17.9. The molecule has 8 heteroatoms. The summed E-state index contributed by atoms with van der Waals surface area (Å²) in [7, 11) is 0. The lowest BCUT2D eigenvalue weighted by Crippen LogP contribution is -2.37. The van der Waals surface area contributed by atoms with Crippen LogP contribution in [0.15, 0.2) is 29.3 Å². The van der Waals surface area contributed by atoms with Crippen LogP contribution in [0.5, 0.6) is 0 Å². The van der Waals surface area contributed by atoms with Crippen molar-refractivity contribution < 1.29 is 5.11 Å². The molecule has 1 fully saturated rings. The molecule has 160 valence electrons. The number of benzene rings is 1. The van der Waals surface area contributed by atoms with Crippen LogP contribution >= 0.6 is 11.6 Å². The molecular weight excluding hydrogens is 400 g/mol. The number of nitrogens with zero attached hydrogens (tertiary/aromatic N) is 5. The van der Waals surface area contributed by atoms with Gasteiger partial charge in [0.25, 0.3) is 0 Å². The first kappa shape index (κ1) is 20.9. The number of fused-ring (bicyclic) bond motifs is 1. The standard InChI is InChI=1S/C22H29ClN6O/c1-13(2)18-20-19(27-26-18)21(24-16-9-7-15(23)8-10-16)25-22(29(20)14(3)4)28-11-5-6-17(28)12-30/h7-10,13-14,17,30H,5-6,11-12H2,1-4H3,(H,26,27). The van der Waals surface area contributed by atoms with Crippen LogP contribution in [-0.2, 0) is 0 Å². The lowest BCUT2D eigenvalue weighted by Gasteiger charge is -2.29. The van der Waals surface area contributed by atoms with Crippen molar-refractivity contribution in [2.24, 2.45) is 4.99 Å². The van der Waals surface area contributed by atoms with Gasteiger partial charge in [-0.05, 0) is 56.9 Å². The van der Waals surface area contributed by atoms with Gasteiger partial charge in [0.15, 0.2) is 11.0 Å². The zero-order valence-corrected chi connectivity index (χ0v) is 18.7. The summed E-state index contributed by atoms with van der Waals surface area (Å²) in [4.78, 5) is 12.0. The first-order valence-electron chi connectivity index (χ1n) is 10.6. The van der Waals surface area contributed by atoms with Crippen LogP contribution in [-0.4, -0.2) is 44.0 Å². The molecule has 0 aliphatic carbocycles. The third kappa shape index (κ3) is 3.72. The Hall–Kier alpha value is -2.38. The maximum atomic E-state index is 9.94. The Morgan fingerprint density at radius 1 is 1.23 bits per heavy atom. The van der Waals surface area contributed by atoms with E-state index in [0.29, 0.717) is 10.5 Å². The fraction of sp³-hybridized carbons (Fsp3) is 0.500. The normalized spacial score (nSPS) is 17.8. The predicted octanol–water partition coefficient (Wildman–Crippen LogP) is 4.31. The molecule has 1 aliphatic heterocycles. The van der Waals surface area contributed by atoms with Crippen LogP contribution in [0.4, 0.5) is 11.6 Å². The number of halogens is 1. The SMILES string of the molecule is CC(C)c1[nH]nc2c(=Nc3ccc(Cl)cc3)nc(N3CCCC3CO)n(C(C)C)c12. The highest BCUT2D eigenvalue weighted by atomic mass is 35.5. The molecule has 0 amide bonds. The molecule has 0 bridgehead atoms. The molecule has 1 unspecified atom stereocenters. The third-order valence-corrected chi connectivity index (χ3v) is 5.89. The fourth-order valence-electron chi connectivity index (χ4n) is 4.15. The number of aliphatic hydroxyl groups excluding tert-OH is 1. The number of aliphatic hydroxyl groups is 1. The molecule has 1 aliphatic rings. The summed E-state index contributed by atoms with van der Waals surface area (Å²) in [5.41, 5.74) is 4.20. The molecule has 3 aromatic rings. The van der Waals surface area contributed by atoms with Crippen LogP contribution in [0.3, 0.4) is 0 Å². The second kappa shape index (κ2) is 8.40. The van der Waals surface area contributed by atoms with E-state index in [-0.39, 0.29) is 24.6 Å². The van der Waals surface area contributed by atoms with Gasteiger partial charge in [-0.15, -0.1) is 0 Å². The number of hydrogen-bond acceptors (Lipinski definition) is 5. The van der Waals surface area contributed by atoms with E-state index in [0.717, 1.165) is 47.7 Å². The highest BCUT2D eigenvalue weighted by Gasteiger charge is 2.30. The van der Waals surface area contributed by atoms with Crippen LogP contribution in [0.25, 0.3) is 11.0 Å². The van der Waals surface area contributed by atoms with Crippen LogP contribution in [0.2, 0.25) is 5.02 Å². The largest absolute Gasteiger partial charge is 0.394 e. The molecule has 2 N–H and O–H groups in total. The summed E-state index contributed by atoms with van der Waals surface area (Å²) < 4.78 is 2.24. The van der Waals surface area contributed by atoms with Crippen molar-refractivity contribution >= 4 is 34.3 Å². The molecule has 0 radical (unpaired) electrons. The summed E-state index contributed by atoms with van der Waals surface area (Å²) in [5, 5.41) is 18.4. The van der Waals surface area contributed by atoms with E-state index in [1.165, 1.54) is 0 Å².